The Bertz CT molecular complexity index is 775. The van der Waals surface area contributed by atoms with Crippen LogP contribution in [0.4, 0.5) is 0 Å². The third-order valence-corrected chi connectivity index (χ3v) is 3.37. The zero-order valence-electron chi connectivity index (χ0n) is 10.9. The number of rotatable bonds is 3. The van der Waals surface area contributed by atoms with E-state index in [1.54, 1.807) is 0 Å². The molecule has 0 unspecified atom stereocenters. The summed E-state index contributed by atoms with van der Waals surface area (Å²) in [6.07, 6.45) is 0.0570. The fourth-order valence-corrected chi connectivity index (χ4v) is 2.40. The highest BCUT2D eigenvalue weighted by Crippen LogP contribution is 2.25. The lowest BCUT2D eigenvalue weighted by atomic mass is 9.99. The highest BCUT2D eigenvalue weighted by molar-refractivity contribution is 5.87. The molecule has 0 aliphatic carbocycles. The van der Waals surface area contributed by atoms with E-state index in [2.05, 4.69) is 30.3 Å². The molecule has 3 rings (SSSR count). The van der Waals surface area contributed by atoms with Gasteiger partial charge in [0.25, 0.3) is 0 Å². The topological polar surface area (TPSA) is 37.3 Å². The second-order valence-electron chi connectivity index (χ2n) is 4.83. The first-order valence-electron chi connectivity index (χ1n) is 6.52. The molecule has 0 amide bonds. The Morgan fingerprint density at radius 3 is 2.35 bits per heavy atom. The summed E-state index contributed by atoms with van der Waals surface area (Å²) in [6, 6.07) is 22.2. The first kappa shape index (κ1) is 12.4. The van der Waals surface area contributed by atoms with Crippen molar-refractivity contribution in [3.8, 4) is 11.1 Å². The van der Waals surface area contributed by atoms with E-state index in [1.165, 1.54) is 10.8 Å². The molecule has 20 heavy (non-hydrogen) atoms. The SMILES string of the molecule is O=C(O)Cc1cccc(-c2ccc3ccccc3c2)c1. The van der Waals surface area contributed by atoms with Crippen LogP contribution in [0.25, 0.3) is 21.9 Å². The molecule has 0 fully saturated rings. The lowest BCUT2D eigenvalue weighted by Gasteiger charge is -2.06. The van der Waals surface area contributed by atoms with E-state index in [-0.39, 0.29) is 6.42 Å². The Balaban J connectivity index is 2.03. The third kappa shape index (κ3) is 2.54. The van der Waals surface area contributed by atoms with Crippen LogP contribution < -0.4 is 0 Å². The first-order chi connectivity index (χ1) is 9.72. The molecule has 0 aromatic heterocycles. The lowest BCUT2D eigenvalue weighted by Crippen LogP contribution is -1.99. The minimum atomic E-state index is -0.805. The quantitative estimate of drug-likeness (QED) is 0.770. The summed E-state index contributed by atoms with van der Waals surface area (Å²) in [7, 11) is 0. The molecule has 2 nitrogen and oxygen atoms in total. The monoisotopic (exact) mass is 262 g/mol. The van der Waals surface area contributed by atoms with Gasteiger partial charge in [-0.3, -0.25) is 4.79 Å². The van der Waals surface area contributed by atoms with Gasteiger partial charge in [-0.2, -0.15) is 0 Å². The molecule has 0 aliphatic rings. The van der Waals surface area contributed by atoms with Crippen LogP contribution in [0, 0.1) is 0 Å². The van der Waals surface area contributed by atoms with Gasteiger partial charge in [0.1, 0.15) is 0 Å². The van der Waals surface area contributed by atoms with Crippen molar-refractivity contribution in [2.45, 2.75) is 6.42 Å². The molecule has 0 saturated carbocycles. The van der Waals surface area contributed by atoms with E-state index in [4.69, 9.17) is 5.11 Å². The first-order valence-corrected chi connectivity index (χ1v) is 6.52. The van der Waals surface area contributed by atoms with Crippen LogP contribution in [-0.4, -0.2) is 11.1 Å². The molecule has 0 bridgehead atoms. The number of benzene rings is 3. The maximum Gasteiger partial charge on any atom is 0.307 e. The Morgan fingerprint density at radius 2 is 1.55 bits per heavy atom. The molecule has 0 spiro atoms. The largest absolute Gasteiger partial charge is 0.481 e. The van der Waals surface area contributed by atoms with Crippen LogP contribution in [-0.2, 0) is 11.2 Å². The summed E-state index contributed by atoms with van der Waals surface area (Å²) in [5.74, 6) is -0.805. The number of hydrogen-bond acceptors (Lipinski definition) is 1. The number of carboxylic acid groups (broad SMARTS) is 1. The average Bonchev–Trinajstić information content (AvgIpc) is 2.46. The Hall–Kier alpha value is -2.61. The molecular formula is C18H14O2. The number of aliphatic carboxylic acids is 1. The summed E-state index contributed by atoms with van der Waals surface area (Å²) in [5.41, 5.74) is 2.98. The summed E-state index contributed by atoms with van der Waals surface area (Å²) in [5, 5.41) is 11.3. The summed E-state index contributed by atoms with van der Waals surface area (Å²) in [6.45, 7) is 0. The Kier molecular flexibility index (Phi) is 3.21. The Labute approximate surface area is 117 Å². The van der Waals surface area contributed by atoms with E-state index in [0.717, 1.165) is 16.7 Å². The number of hydrogen-bond donors (Lipinski definition) is 1. The van der Waals surface area contributed by atoms with Gasteiger partial charge in [-0.05, 0) is 33.5 Å². The van der Waals surface area contributed by atoms with Crippen LogP contribution in [0.5, 0.6) is 0 Å². The van der Waals surface area contributed by atoms with E-state index in [0.29, 0.717) is 0 Å². The van der Waals surface area contributed by atoms with Crippen molar-refractivity contribution in [3.63, 3.8) is 0 Å². The van der Waals surface area contributed by atoms with Crippen molar-refractivity contribution in [2.75, 3.05) is 0 Å². The molecule has 2 heteroatoms. The third-order valence-electron chi connectivity index (χ3n) is 3.37. The Morgan fingerprint density at radius 1 is 0.800 bits per heavy atom. The van der Waals surface area contributed by atoms with Gasteiger partial charge in [-0.1, -0.05) is 60.7 Å². The van der Waals surface area contributed by atoms with Crippen molar-refractivity contribution in [2.24, 2.45) is 0 Å². The fourth-order valence-electron chi connectivity index (χ4n) is 2.40. The minimum Gasteiger partial charge on any atom is -0.481 e. The van der Waals surface area contributed by atoms with E-state index in [1.807, 2.05) is 36.4 Å². The van der Waals surface area contributed by atoms with Crippen molar-refractivity contribution >= 4 is 16.7 Å². The molecule has 0 aliphatic heterocycles. The van der Waals surface area contributed by atoms with Gasteiger partial charge >= 0.3 is 5.97 Å². The van der Waals surface area contributed by atoms with Crippen molar-refractivity contribution in [1.29, 1.82) is 0 Å². The maximum absolute atomic E-state index is 10.8. The number of carboxylic acids is 1. The molecule has 1 N–H and O–H groups in total. The number of fused-ring (bicyclic) bond motifs is 1. The normalized spacial score (nSPS) is 10.6. The zero-order valence-corrected chi connectivity index (χ0v) is 10.9. The predicted molar refractivity (Wildman–Crippen MR) is 80.7 cm³/mol. The van der Waals surface area contributed by atoms with E-state index < -0.39 is 5.97 Å². The van der Waals surface area contributed by atoms with E-state index in [9.17, 15) is 4.79 Å². The van der Waals surface area contributed by atoms with Crippen LogP contribution in [0.2, 0.25) is 0 Å². The van der Waals surface area contributed by atoms with Crippen molar-refractivity contribution < 1.29 is 9.90 Å². The minimum absolute atomic E-state index is 0.0570. The van der Waals surface area contributed by atoms with Gasteiger partial charge in [0.15, 0.2) is 0 Å². The van der Waals surface area contributed by atoms with Crippen LogP contribution in [0.15, 0.2) is 66.7 Å². The highest BCUT2D eigenvalue weighted by Gasteiger charge is 2.04. The summed E-state index contributed by atoms with van der Waals surface area (Å²) >= 11 is 0. The van der Waals surface area contributed by atoms with Gasteiger partial charge in [0.05, 0.1) is 6.42 Å². The number of carbonyl (C=O) groups is 1. The molecule has 3 aromatic carbocycles. The van der Waals surface area contributed by atoms with Gasteiger partial charge in [-0.25, -0.2) is 0 Å². The van der Waals surface area contributed by atoms with Gasteiger partial charge in [0.2, 0.25) is 0 Å². The molecule has 98 valence electrons. The van der Waals surface area contributed by atoms with Crippen molar-refractivity contribution in [3.05, 3.63) is 72.3 Å². The fraction of sp³-hybridized carbons (Fsp3) is 0.0556. The second-order valence-corrected chi connectivity index (χ2v) is 4.83. The molecule has 0 radical (unpaired) electrons. The maximum atomic E-state index is 10.8. The van der Waals surface area contributed by atoms with Gasteiger partial charge in [-0.15, -0.1) is 0 Å². The zero-order chi connectivity index (χ0) is 13.9. The van der Waals surface area contributed by atoms with Crippen LogP contribution in [0.3, 0.4) is 0 Å². The van der Waals surface area contributed by atoms with Gasteiger partial charge < -0.3 is 5.11 Å². The van der Waals surface area contributed by atoms with Crippen LogP contribution >= 0.6 is 0 Å². The van der Waals surface area contributed by atoms with Gasteiger partial charge in [0, 0.05) is 0 Å². The summed E-state index contributed by atoms with van der Waals surface area (Å²) < 4.78 is 0. The second kappa shape index (κ2) is 5.17. The molecular weight excluding hydrogens is 248 g/mol. The molecule has 0 atom stereocenters. The smallest absolute Gasteiger partial charge is 0.307 e. The average molecular weight is 262 g/mol. The van der Waals surface area contributed by atoms with E-state index >= 15 is 0 Å². The molecule has 0 heterocycles. The molecule has 3 aromatic rings. The van der Waals surface area contributed by atoms with Crippen molar-refractivity contribution in [1.82, 2.24) is 0 Å². The standard InChI is InChI=1S/C18H14O2/c19-18(20)11-13-4-3-7-15(10-13)17-9-8-14-5-1-2-6-16(14)12-17/h1-10,12H,11H2,(H,19,20). The highest BCUT2D eigenvalue weighted by atomic mass is 16.4. The summed E-state index contributed by atoms with van der Waals surface area (Å²) in [4.78, 5) is 10.8. The van der Waals surface area contributed by atoms with Crippen LogP contribution in [0.1, 0.15) is 5.56 Å². The predicted octanol–water partition coefficient (Wildman–Crippen LogP) is 4.13. The molecule has 0 saturated heterocycles. The lowest BCUT2D eigenvalue weighted by molar-refractivity contribution is -0.136.